The third kappa shape index (κ3) is 15.8. The standard InChI is InChI=1S/C35H50N6O9/c1-21(2)17-27(31(44)41-28(33(47)48)20-36-16-15-26(32(45)46)39-30(43)19-35(3,4)5)40-29(42)18-22-7-9-23(10-8-22)37-34(49)38-24-11-13-25(50-6)14-12-24/h7-14,21,26-28,36H,15-20H2,1-6H3,(H,39,43)(H,40,42)(H,41,44)(H,45,46)(H,47,48)(H2,37,38,49). The molecule has 2 rings (SSSR count). The molecule has 0 spiro atoms. The first-order chi connectivity index (χ1) is 23.4. The highest BCUT2D eigenvalue weighted by Gasteiger charge is 2.28. The van der Waals surface area contributed by atoms with Gasteiger partial charge in [0.2, 0.25) is 17.7 Å². The monoisotopic (exact) mass is 698 g/mol. The van der Waals surface area contributed by atoms with E-state index in [2.05, 4.69) is 31.9 Å². The van der Waals surface area contributed by atoms with Gasteiger partial charge in [0.15, 0.2) is 0 Å². The highest BCUT2D eigenvalue weighted by molar-refractivity contribution is 5.99. The van der Waals surface area contributed by atoms with Gasteiger partial charge in [-0.25, -0.2) is 14.4 Å². The summed E-state index contributed by atoms with van der Waals surface area (Å²) in [4.78, 5) is 74.2. The van der Waals surface area contributed by atoms with Gasteiger partial charge in [0.1, 0.15) is 23.9 Å². The average Bonchev–Trinajstić information content (AvgIpc) is 3.01. The van der Waals surface area contributed by atoms with Crippen molar-refractivity contribution in [3.8, 4) is 5.75 Å². The van der Waals surface area contributed by atoms with Crippen LogP contribution in [0, 0.1) is 11.3 Å². The molecule has 3 atom stereocenters. The number of methoxy groups -OCH3 is 1. The van der Waals surface area contributed by atoms with Crippen LogP contribution in [0.5, 0.6) is 5.75 Å². The molecule has 0 fully saturated rings. The summed E-state index contributed by atoms with van der Waals surface area (Å²) in [7, 11) is 1.55. The van der Waals surface area contributed by atoms with Gasteiger partial charge in [-0.2, -0.15) is 0 Å². The van der Waals surface area contributed by atoms with Crippen LogP contribution in [-0.2, 0) is 30.4 Å². The smallest absolute Gasteiger partial charge is 0.327 e. The molecule has 0 saturated heterocycles. The predicted octanol–water partition coefficient (Wildman–Crippen LogP) is 2.97. The summed E-state index contributed by atoms with van der Waals surface area (Å²) >= 11 is 0. The molecule has 0 aliphatic rings. The first-order valence-corrected chi connectivity index (χ1v) is 16.3. The van der Waals surface area contributed by atoms with E-state index in [1.807, 2.05) is 34.6 Å². The van der Waals surface area contributed by atoms with E-state index >= 15 is 0 Å². The second-order valence-electron chi connectivity index (χ2n) is 13.5. The van der Waals surface area contributed by atoms with Crippen molar-refractivity contribution in [2.45, 2.75) is 78.4 Å². The summed E-state index contributed by atoms with van der Waals surface area (Å²) in [5.41, 5.74) is 1.36. The summed E-state index contributed by atoms with van der Waals surface area (Å²) in [5.74, 6) is -3.43. The van der Waals surface area contributed by atoms with E-state index in [0.717, 1.165) is 0 Å². The molecule has 0 aliphatic carbocycles. The molecule has 0 bridgehead atoms. The SMILES string of the molecule is COc1ccc(NC(=O)Nc2ccc(CC(=O)NC(CC(C)C)C(=O)NC(CNCCC(NC(=O)CC(C)(C)C)C(=O)O)C(=O)O)cc2)cc1. The molecular weight excluding hydrogens is 648 g/mol. The Bertz CT molecular complexity index is 1460. The molecule has 3 unspecified atom stereocenters. The quantitative estimate of drug-likeness (QED) is 0.100. The van der Waals surface area contributed by atoms with Crippen molar-refractivity contribution in [2.24, 2.45) is 11.3 Å². The van der Waals surface area contributed by atoms with Crippen LogP contribution in [0.3, 0.4) is 0 Å². The minimum absolute atomic E-state index is 0.00846. The fraction of sp³-hybridized carbons (Fsp3) is 0.486. The lowest BCUT2D eigenvalue weighted by atomic mass is 9.92. The molecular formula is C35H50N6O9. The molecule has 0 aromatic heterocycles. The largest absolute Gasteiger partial charge is 0.497 e. The van der Waals surface area contributed by atoms with Crippen molar-refractivity contribution in [2.75, 3.05) is 30.8 Å². The van der Waals surface area contributed by atoms with Crippen LogP contribution >= 0.6 is 0 Å². The highest BCUT2D eigenvalue weighted by Crippen LogP contribution is 2.18. The molecule has 15 nitrogen and oxygen atoms in total. The number of carbonyl (C=O) groups excluding carboxylic acids is 4. The molecule has 2 aromatic carbocycles. The zero-order valence-electron chi connectivity index (χ0n) is 29.4. The van der Waals surface area contributed by atoms with Crippen molar-refractivity contribution in [1.29, 1.82) is 0 Å². The topological polar surface area (TPSA) is 224 Å². The minimum Gasteiger partial charge on any atom is -0.497 e. The number of amides is 5. The number of hydrogen-bond acceptors (Lipinski definition) is 8. The Labute approximate surface area is 292 Å². The average molecular weight is 699 g/mol. The Morgan fingerprint density at radius 1 is 0.740 bits per heavy atom. The Morgan fingerprint density at radius 2 is 1.28 bits per heavy atom. The fourth-order valence-corrected chi connectivity index (χ4v) is 4.76. The van der Waals surface area contributed by atoms with Crippen LogP contribution in [-0.4, -0.2) is 84.2 Å². The van der Waals surface area contributed by atoms with E-state index in [0.29, 0.717) is 22.7 Å². The second kappa shape index (κ2) is 19.7. The van der Waals surface area contributed by atoms with E-state index in [1.165, 1.54) is 0 Å². The number of carboxylic acids is 2. The van der Waals surface area contributed by atoms with Crippen molar-refractivity contribution in [3.63, 3.8) is 0 Å². The Kier molecular flexibility index (Phi) is 16.2. The van der Waals surface area contributed by atoms with E-state index in [1.54, 1.807) is 55.6 Å². The van der Waals surface area contributed by atoms with E-state index in [9.17, 15) is 39.0 Å². The first kappa shape index (κ1) is 41.0. The third-order valence-corrected chi connectivity index (χ3v) is 7.18. The molecule has 0 heterocycles. The van der Waals surface area contributed by atoms with Crippen molar-refractivity contribution < 1.29 is 43.7 Å². The van der Waals surface area contributed by atoms with Crippen molar-refractivity contribution in [3.05, 3.63) is 54.1 Å². The summed E-state index contributed by atoms with van der Waals surface area (Å²) in [5, 5.41) is 35.1. The van der Waals surface area contributed by atoms with Crippen LogP contribution in [0.1, 0.15) is 59.4 Å². The maximum absolute atomic E-state index is 13.2. The number of hydrogen-bond donors (Lipinski definition) is 8. The lowest BCUT2D eigenvalue weighted by molar-refractivity contribution is -0.143. The molecule has 0 radical (unpaired) electrons. The van der Waals surface area contributed by atoms with Crippen LogP contribution in [0.4, 0.5) is 16.2 Å². The van der Waals surface area contributed by atoms with E-state index < -0.39 is 53.8 Å². The first-order valence-electron chi connectivity index (χ1n) is 16.3. The van der Waals surface area contributed by atoms with Gasteiger partial charge in [0, 0.05) is 24.3 Å². The number of benzene rings is 2. The number of nitrogens with one attached hydrogen (secondary N) is 6. The number of carboxylic acid groups (broad SMARTS) is 2. The number of urea groups is 1. The molecule has 2 aromatic rings. The normalized spacial score (nSPS) is 12.9. The van der Waals surface area contributed by atoms with Gasteiger partial charge in [-0.3, -0.25) is 14.4 Å². The lowest BCUT2D eigenvalue weighted by Crippen LogP contribution is -2.55. The minimum atomic E-state index is -1.37. The number of rotatable bonds is 19. The molecule has 8 N–H and O–H groups in total. The van der Waals surface area contributed by atoms with Gasteiger partial charge in [0.05, 0.1) is 13.5 Å². The number of anilines is 2. The summed E-state index contributed by atoms with van der Waals surface area (Å²) < 4.78 is 5.10. The van der Waals surface area contributed by atoms with Gasteiger partial charge in [-0.1, -0.05) is 46.8 Å². The molecule has 5 amide bonds. The van der Waals surface area contributed by atoms with Crippen LogP contribution in [0.25, 0.3) is 0 Å². The number of carbonyl (C=O) groups is 6. The Hall–Kier alpha value is -5.18. The zero-order valence-corrected chi connectivity index (χ0v) is 29.4. The van der Waals surface area contributed by atoms with E-state index in [-0.39, 0.29) is 50.1 Å². The van der Waals surface area contributed by atoms with Crippen LogP contribution in [0.2, 0.25) is 0 Å². The number of ether oxygens (including phenoxy) is 1. The van der Waals surface area contributed by atoms with Gasteiger partial charge in [-0.15, -0.1) is 0 Å². The van der Waals surface area contributed by atoms with Gasteiger partial charge < -0.3 is 46.9 Å². The van der Waals surface area contributed by atoms with Gasteiger partial charge in [-0.05, 0) is 72.7 Å². The summed E-state index contributed by atoms with van der Waals surface area (Å²) in [6, 6.07) is 9.43. The summed E-state index contributed by atoms with van der Waals surface area (Å²) in [6.07, 6.45) is 0.312. The van der Waals surface area contributed by atoms with Crippen molar-refractivity contribution >= 4 is 47.1 Å². The predicted molar refractivity (Wildman–Crippen MR) is 188 cm³/mol. The maximum Gasteiger partial charge on any atom is 0.327 e. The highest BCUT2D eigenvalue weighted by atomic mass is 16.5. The number of aliphatic carboxylic acids is 2. The van der Waals surface area contributed by atoms with Crippen molar-refractivity contribution in [1.82, 2.24) is 21.3 Å². The molecule has 0 saturated carbocycles. The van der Waals surface area contributed by atoms with E-state index in [4.69, 9.17) is 4.74 Å². The Morgan fingerprint density at radius 3 is 1.78 bits per heavy atom. The van der Waals surface area contributed by atoms with Crippen LogP contribution < -0.4 is 36.6 Å². The Balaban J connectivity index is 1.90. The van der Waals surface area contributed by atoms with Crippen LogP contribution in [0.15, 0.2) is 48.5 Å². The van der Waals surface area contributed by atoms with Gasteiger partial charge in [0.25, 0.3) is 0 Å². The second-order valence-corrected chi connectivity index (χ2v) is 13.5. The molecule has 15 heteroatoms. The molecule has 274 valence electrons. The lowest BCUT2D eigenvalue weighted by Gasteiger charge is -2.23. The molecule has 0 aliphatic heterocycles. The fourth-order valence-electron chi connectivity index (χ4n) is 4.76. The third-order valence-electron chi connectivity index (χ3n) is 7.18. The summed E-state index contributed by atoms with van der Waals surface area (Å²) in [6.45, 7) is 9.12. The zero-order chi connectivity index (χ0) is 37.4. The van der Waals surface area contributed by atoms with Gasteiger partial charge >= 0.3 is 18.0 Å². The molecule has 50 heavy (non-hydrogen) atoms. The maximum atomic E-state index is 13.2.